The quantitative estimate of drug-likeness (QED) is 0.241. The number of ether oxygens (including phenoxy) is 3. The van der Waals surface area contributed by atoms with Crippen LogP contribution in [-0.2, 0) is 34.2 Å². The van der Waals surface area contributed by atoms with Crippen molar-refractivity contribution < 1.29 is 14.2 Å². The van der Waals surface area contributed by atoms with Gasteiger partial charge in [-0.15, -0.1) is 11.3 Å². The lowest BCUT2D eigenvalue weighted by molar-refractivity contribution is -0.0873. The number of thiophene rings is 1. The number of aromatic amines is 1. The van der Waals surface area contributed by atoms with Crippen LogP contribution in [0.2, 0.25) is 0 Å². The minimum atomic E-state index is -0.521. The van der Waals surface area contributed by atoms with Crippen LogP contribution < -0.4 is 11.2 Å². The minimum Gasteiger partial charge on any atom is -0.374 e. The van der Waals surface area contributed by atoms with Crippen LogP contribution in [0.5, 0.6) is 0 Å². The van der Waals surface area contributed by atoms with Crippen molar-refractivity contribution in [3.05, 3.63) is 128 Å². The Hall–Kier alpha value is -3.82. The molecule has 38 heavy (non-hydrogen) atoms. The molecule has 1 N–H and O–H groups in total. The Balaban J connectivity index is 1.34. The minimum absolute atomic E-state index is 0.0588. The molecule has 5 aromatic rings. The number of hydrogen-bond acceptors (Lipinski definition) is 6. The van der Waals surface area contributed by atoms with E-state index in [1.165, 1.54) is 15.9 Å². The third kappa shape index (κ3) is 6.35. The van der Waals surface area contributed by atoms with E-state index in [4.69, 9.17) is 14.2 Å². The molecule has 0 amide bonds. The predicted octanol–water partition coefficient (Wildman–Crippen LogP) is 5.19. The fourth-order valence-corrected chi connectivity index (χ4v) is 5.11. The third-order valence-electron chi connectivity index (χ3n) is 6.06. The van der Waals surface area contributed by atoms with E-state index in [0.29, 0.717) is 23.4 Å². The van der Waals surface area contributed by atoms with Crippen molar-refractivity contribution in [2.75, 3.05) is 13.2 Å². The van der Waals surface area contributed by atoms with Crippen LogP contribution in [0.1, 0.15) is 11.1 Å². The average molecular weight is 529 g/mol. The topological polar surface area (TPSA) is 82.6 Å². The van der Waals surface area contributed by atoms with Crippen molar-refractivity contribution in [1.82, 2.24) is 9.55 Å². The standard InChI is InChI=1S/C30H28N2O5S/c33-29-28-27(26(20-38-28)24-14-8-3-9-15-24)32(30(34)31-29)21-37-25(18-35-16-22-10-4-1-5-11-22)19-36-17-23-12-6-2-7-13-23/h1-15,20,25H,16-19,21H2,(H,31,33,34). The lowest BCUT2D eigenvalue weighted by Crippen LogP contribution is -2.33. The van der Waals surface area contributed by atoms with Gasteiger partial charge in [0.25, 0.3) is 5.56 Å². The Morgan fingerprint density at radius 3 is 1.89 bits per heavy atom. The summed E-state index contributed by atoms with van der Waals surface area (Å²) in [5.41, 5.74) is 3.49. The third-order valence-corrected chi connectivity index (χ3v) is 7.03. The van der Waals surface area contributed by atoms with Crippen molar-refractivity contribution in [3.63, 3.8) is 0 Å². The summed E-state index contributed by atoms with van der Waals surface area (Å²) in [6, 6.07) is 29.5. The van der Waals surface area contributed by atoms with Gasteiger partial charge >= 0.3 is 5.69 Å². The van der Waals surface area contributed by atoms with Crippen LogP contribution in [-0.4, -0.2) is 28.9 Å². The van der Waals surface area contributed by atoms with Gasteiger partial charge in [0.15, 0.2) is 0 Å². The molecule has 8 heteroatoms. The highest BCUT2D eigenvalue weighted by Crippen LogP contribution is 2.31. The first kappa shape index (κ1) is 25.8. The smallest absolute Gasteiger partial charge is 0.330 e. The number of aromatic nitrogens is 2. The Labute approximate surface area is 223 Å². The van der Waals surface area contributed by atoms with Gasteiger partial charge in [-0.1, -0.05) is 91.0 Å². The Morgan fingerprint density at radius 1 is 0.763 bits per heavy atom. The van der Waals surface area contributed by atoms with E-state index in [0.717, 1.165) is 22.3 Å². The molecular formula is C30H28N2O5S. The fraction of sp³-hybridized carbons (Fsp3) is 0.200. The van der Waals surface area contributed by atoms with Crippen molar-refractivity contribution in [1.29, 1.82) is 0 Å². The molecule has 5 rings (SSSR count). The summed E-state index contributed by atoms with van der Waals surface area (Å²) in [5.74, 6) is 0. The zero-order chi connectivity index (χ0) is 26.2. The summed E-state index contributed by atoms with van der Waals surface area (Å²) in [6.07, 6.45) is -0.435. The van der Waals surface area contributed by atoms with Crippen LogP contribution in [0.3, 0.4) is 0 Å². The van der Waals surface area contributed by atoms with Gasteiger partial charge in [-0.05, 0) is 16.7 Å². The van der Waals surface area contributed by atoms with Gasteiger partial charge in [0.1, 0.15) is 17.5 Å². The predicted molar refractivity (Wildman–Crippen MR) is 149 cm³/mol. The van der Waals surface area contributed by atoms with Crippen molar-refractivity contribution >= 4 is 21.6 Å². The second-order valence-corrected chi connectivity index (χ2v) is 9.68. The molecule has 0 spiro atoms. The summed E-state index contributed by atoms with van der Waals surface area (Å²) >= 11 is 1.31. The van der Waals surface area contributed by atoms with Crippen LogP contribution in [0.25, 0.3) is 21.3 Å². The Bertz CT molecular complexity index is 1520. The van der Waals surface area contributed by atoms with Gasteiger partial charge in [0, 0.05) is 10.9 Å². The van der Waals surface area contributed by atoms with Crippen LogP contribution in [0, 0.1) is 0 Å². The molecular weight excluding hydrogens is 500 g/mol. The van der Waals surface area contributed by atoms with Gasteiger partial charge in [0.05, 0.1) is 31.9 Å². The largest absolute Gasteiger partial charge is 0.374 e. The van der Waals surface area contributed by atoms with E-state index in [1.807, 2.05) is 96.4 Å². The first-order valence-corrected chi connectivity index (χ1v) is 13.2. The van der Waals surface area contributed by atoms with E-state index >= 15 is 0 Å². The molecule has 0 aliphatic carbocycles. The van der Waals surface area contributed by atoms with Crippen LogP contribution >= 0.6 is 11.3 Å². The highest BCUT2D eigenvalue weighted by atomic mass is 32.1. The molecule has 0 radical (unpaired) electrons. The molecule has 0 saturated heterocycles. The zero-order valence-corrected chi connectivity index (χ0v) is 21.6. The van der Waals surface area contributed by atoms with Gasteiger partial charge in [0.2, 0.25) is 0 Å². The van der Waals surface area contributed by atoms with Crippen LogP contribution in [0.15, 0.2) is 106 Å². The van der Waals surface area contributed by atoms with Crippen molar-refractivity contribution in [2.24, 2.45) is 0 Å². The normalized spacial score (nSPS) is 11.4. The molecule has 0 fully saturated rings. The summed E-state index contributed by atoms with van der Waals surface area (Å²) < 4.78 is 20.0. The van der Waals surface area contributed by atoms with E-state index in [2.05, 4.69) is 4.98 Å². The number of H-pyrrole nitrogens is 1. The lowest BCUT2D eigenvalue weighted by Gasteiger charge is -2.20. The highest BCUT2D eigenvalue weighted by molar-refractivity contribution is 7.17. The summed E-state index contributed by atoms with van der Waals surface area (Å²) in [5, 5.41) is 1.90. The molecule has 7 nitrogen and oxygen atoms in total. The molecule has 0 saturated carbocycles. The van der Waals surface area contributed by atoms with E-state index < -0.39 is 17.4 Å². The molecule has 194 valence electrons. The molecule has 2 aromatic heterocycles. The van der Waals surface area contributed by atoms with Gasteiger partial charge in [-0.3, -0.25) is 14.3 Å². The van der Waals surface area contributed by atoms with Gasteiger partial charge in [-0.2, -0.15) is 0 Å². The van der Waals surface area contributed by atoms with Crippen molar-refractivity contribution in [2.45, 2.75) is 26.0 Å². The lowest BCUT2D eigenvalue weighted by atomic mass is 10.1. The number of benzene rings is 3. The van der Waals surface area contributed by atoms with Crippen LogP contribution in [0.4, 0.5) is 0 Å². The summed E-state index contributed by atoms with van der Waals surface area (Å²) in [4.78, 5) is 27.9. The zero-order valence-electron chi connectivity index (χ0n) is 20.7. The maximum Gasteiger partial charge on any atom is 0.330 e. The summed E-state index contributed by atoms with van der Waals surface area (Å²) in [6.45, 7) is 1.37. The summed E-state index contributed by atoms with van der Waals surface area (Å²) in [7, 11) is 0. The molecule has 0 unspecified atom stereocenters. The van der Waals surface area contributed by atoms with E-state index in [-0.39, 0.29) is 19.9 Å². The number of hydrogen-bond donors (Lipinski definition) is 1. The number of fused-ring (bicyclic) bond motifs is 1. The molecule has 2 heterocycles. The fourth-order valence-electron chi connectivity index (χ4n) is 4.14. The van der Waals surface area contributed by atoms with E-state index in [1.54, 1.807) is 0 Å². The molecule has 0 aliphatic heterocycles. The maximum absolute atomic E-state index is 12.9. The monoisotopic (exact) mass is 528 g/mol. The average Bonchev–Trinajstić information content (AvgIpc) is 3.40. The highest BCUT2D eigenvalue weighted by Gasteiger charge is 2.18. The Kier molecular flexibility index (Phi) is 8.57. The molecule has 0 bridgehead atoms. The second kappa shape index (κ2) is 12.6. The van der Waals surface area contributed by atoms with Gasteiger partial charge in [-0.25, -0.2) is 4.79 Å². The Morgan fingerprint density at radius 2 is 1.32 bits per heavy atom. The molecule has 3 aromatic carbocycles. The first-order valence-electron chi connectivity index (χ1n) is 12.3. The maximum atomic E-state index is 12.9. The SMILES string of the molecule is O=c1[nH]c(=O)n(COC(COCc2ccccc2)COCc2ccccc2)c2c(-c3ccccc3)csc12. The van der Waals surface area contributed by atoms with Gasteiger partial charge < -0.3 is 14.2 Å². The second-order valence-electron chi connectivity index (χ2n) is 8.80. The number of nitrogens with zero attached hydrogens (tertiary/aromatic N) is 1. The van der Waals surface area contributed by atoms with Crippen molar-refractivity contribution in [3.8, 4) is 11.1 Å². The molecule has 0 atom stereocenters. The number of rotatable bonds is 12. The first-order chi connectivity index (χ1) is 18.7. The van der Waals surface area contributed by atoms with E-state index in [9.17, 15) is 9.59 Å². The molecule has 0 aliphatic rings. The number of nitrogens with one attached hydrogen (secondary N) is 1.